The molecule has 8 aromatic carbocycles. The van der Waals surface area contributed by atoms with Crippen molar-refractivity contribution in [2.45, 2.75) is 259 Å². The highest BCUT2D eigenvalue weighted by molar-refractivity contribution is 7.07. The summed E-state index contributed by atoms with van der Waals surface area (Å²) in [6, 6.07) is 87.1. The maximum absolute atomic E-state index is 4.58. The van der Waals surface area contributed by atoms with Gasteiger partial charge in [-0.15, -0.1) is 0 Å². The van der Waals surface area contributed by atoms with E-state index >= 15 is 0 Å². The molecule has 0 atom stereocenters. The molecule has 0 unspecified atom stereocenters. The van der Waals surface area contributed by atoms with Gasteiger partial charge >= 0.3 is 0 Å². The second-order valence-electron chi connectivity index (χ2n) is 16.0. The second kappa shape index (κ2) is 114. The van der Waals surface area contributed by atoms with Crippen LogP contribution in [0.5, 0.6) is 0 Å². The Bertz CT molecular complexity index is 2670. The number of thiophene rings is 1. The normalized spacial score (nSPS) is 7.25. The number of hydrogen-bond acceptors (Lipinski definition) is 3. The predicted octanol–water partition coefficient (Wildman–Crippen LogP) is 34.9. The lowest BCUT2D eigenvalue weighted by Gasteiger charge is -2.06. The third kappa shape index (κ3) is 84.3. The highest BCUT2D eigenvalue weighted by atomic mass is 32.1. The molecule has 564 valence electrons. The lowest BCUT2D eigenvalue weighted by atomic mass is 10.00. The van der Waals surface area contributed by atoms with Crippen molar-refractivity contribution in [1.29, 1.82) is 0 Å². The van der Waals surface area contributed by atoms with Gasteiger partial charge in [-0.25, -0.2) is 0 Å². The van der Waals surface area contributed by atoms with Gasteiger partial charge in [0.15, 0.2) is 0 Å². The molecule has 99 heavy (non-hydrogen) atoms. The van der Waals surface area contributed by atoms with Crippen LogP contribution in [0.2, 0.25) is 0 Å². The molecular weight excluding hydrogens is 1220 g/mol. The first kappa shape index (κ1) is 128. The fourth-order valence-electron chi connectivity index (χ4n) is 6.19. The average molecular weight is 1380 g/mol. The van der Waals surface area contributed by atoms with Crippen LogP contribution in [0.4, 0.5) is 0 Å². The molecule has 0 aliphatic rings. The minimum atomic E-state index is 0. The first-order valence-corrected chi connectivity index (χ1v) is 36.2. The van der Waals surface area contributed by atoms with E-state index < -0.39 is 0 Å². The van der Waals surface area contributed by atoms with Gasteiger partial charge in [0.25, 0.3) is 0 Å². The quantitative estimate of drug-likeness (QED) is 0.176. The van der Waals surface area contributed by atoms with Crippen molar-refractivity contribution in [3.8, 4) is 11.1 Å². The van der Waals surface area contributed by atoms with Crippen LogP contribution in [0.3, 0.4) is 0 Å². The molecule has 0 saturated heterocycles. The molecule has 0 aliphatic heterocycles. The molecule has 0 N–H and O–H groups in total. The van der Waals surface area contributed by atoms with E-state index in [0.29, 0.717) is 0 Å². The van der Waals surface area contributed by atoms with Gasteiger partial charge in [0.1, 0.15) is 0 Å². The highest BCUT2D eigenvalue weighted by Gasteiger charge is 1.99. The first-order chi connectivity index (χ1) is 45.8. The number of benzene rings is 8. The topological polar surface area (TPSA) is 26.0 Å². The number of hydrogen-bond donors (Lipinski definition) is 0. The third-order valence-electron chi connectivity index (χ3n) is 10.2. The van der Waals surface area contributed by atoms with E-state index in [2.05, 4.69) is 196 Å². The fourth-order valence-corrected chi connectivity index (χ4v) is 6.64. The van der Waals surface area contributed by atoms with Gasteiger partial charge in [-0.3, -0.25) is 4.98 Å². The summed E-state index contributed by atoms with van der Waals surface area (Å²) < 4.78 is 4.58. The molecule has 0 amide bonds. The summed E-state index contributed by atoms with van der Waals surface area (Å²) in [5, 5.41) is 6.70. The Morgan fingerprint density at radius 1 is 0.263 bits per heavy atom. The van der Waals surface area contributed by atoms with Crippen LogP contribution in [-0.2, 0) is 6.42 Å². The van der Waals surface area contributed by atoms with Crippen LogP contribution < -0.4 is 0 Å². The number of pyridine rings is 1. The van der Waals surface area contributed by atoms with Crippen LogP contribution in [0, 0.1) is 41.5 Å². The Kier molecular flexibility index (Phi) is 148. The summed E-state index contributed by atoms with van der Waals surface area (Å²) in [5.41, 5.74) is 13.1. The molecule has 0 radical (unpaired) electrons. The zero-order valence-electron chi connectivity index (χ0n) is 65.1. The van der Waals surface area contributed by atoms with Crippen LogP contribution in [0.1, 0.15) is 255 Å². The largest absolute Gasteiger partial charge is 0.473 e. The monoisotopic (exact) mass is 1380 g/mol. The average Bonchev–Trinajstić information content (AvgIpc) is 1.99. The van der Waals surface area contributed by atoms with Crippen LogP contribution in [-0.4, -0.2) is 4.98 Å². The van der Waals surface area contributed by atoms with Crippen molar-refractivity contribution < 1.29 is 4.42 Å². The van der Waals surface area contributed by atoms with Gasteiger partial charge in [0.05, 0.1) is 12.5 Å². The van der Waals surface area contributed by atoms with E-state index in [0.717, 1.165) is 12.1 Å². The molecule has 11 aromatic rings. The first-order valence-electron chi connectivity index (χ1n) is 35.3. The Labute approximate surface area is 626 Å². The molecule has 3 aromatic heterocycles. The lowest BCUT2D eigenvalue weighted by molar-refractivity contribution is 0.567. The van der Waals surface area contributed by atoms with E-state index in [1.165, 1.54) is 60.8 Å². The summed E-state index contributed by atoms with van der Waals surface area (Å²) in [7, 11) is 0. The summed E-state index contributed by atoms with van der Waals surface area (Å²) in [6.45, 7) is 60.6. The summed E-state index contributed by atoms with van der Waals surface area (Å²) in [4.78, 5) is 3.98. The van der Waals surface area contributed by atoms with Gasteiger partial charge in [0, 0.05) is 11.9 Å². The summed E-state index contributed by atoms with van der Waals surface area (Å²) in [6.07, 6.45) is 6.07. The number of aryl methyl sites for hydroxylation is 6. The van der Waals surface area contributed by atoms with Crippen molar-refractivity contribution in [2.24, 2.45) is 0 Å². The van der Waals surface area contributed by atoms with Crippen LogP contribution in [0.15, 0.2) is 289 Å². The minimum absolute atomic E-state index is 0. The highest BCUT2D eigenvalue weighted by Crippen LogP contribution is 2.19. The van der Waals surface area contributed by atoms with Crippen molar-refractivity contribution in [3.63, 3.8) is 0 Å². The fraction of sp³-hybridized carbons (Fsp3) is 0.385. The Balaban J connectivity index is -0.0000000606. The molecule has 0 bridgehead atoms. The maximum Gasteiger partial charge on any atom is 0.0902 e. The number of fused-ring (bicyclic) bond motifs is 1. The van der Waals surface area contributed by atoms with Crippen LogP contribution >= 0.6 is 11.3 Å². The summed E-state index contributed by atoms with van der Waals surface area (Å²) in [5.74, 6) is 0. The smallest absolute Gasteiger partial charge is 0.0902 e. The molecular formula is C96H163NOS. The van der Waals surface area contributed by atoms with Gasteiger partial charge in [-0.05, 0) is 127 Å². The SMILES string of the molecule is C.C.C.C.C.C.CC.CC.CC.CC.CC.CC.CC.CC.CC.CC.CC.CC.Cc1ccc(-c2ccccc2)cc1.Cc1ccc(Cc2ccc(C)c(C)c2)cc1.Cc1ccccc1.Cc1ccccn1.c1ccc2ccccc2c1.c1ccccc1.c1ccoc1.c1ccsc1. The zero-order valence-corrected chi connectivity index (χ0v) is 65.9. The molecule has 3 heteroatoms. The summed E-state index contributed by atoms with van der Waals surface area (Å²) >= 11 is 1.71. The van der Waals surface area contributed by atoms with E-state index in [1.807, 2.05) is 287 Å². The van der Waals surface area contributed by atoms with Gasteiger partial charge in [-0.1, -0.05) is 458 Å². The van der Waals surface area contributed by atoms with Gasteiger partial charge in [0.2, 0.25) is 0 Å². The zero-order chi connectivity index (χ0) is 73.0. The van der Waals surface area contributed by atoms with E-state index in [-0.39, 0.29) is 44.6 Å². The standard InChI is InChI=1S/C16H18.C13H12.C10H8.C7H8.C6H7N.C6H6.C4H4O.C4H4S.12C2H6.6CH4/c1-12-4-7-15(8-5-12)11-16-9-6-13(2)14(3)10-16;1-11-7-9-13(10-8-11)12-5-3-2-4-6-12;1-2-6-10-8-4-3-7-9(10)5-1;1-7-5-3-2-4-6-7;1-6-4-2-3-5-7-6;1-2-4-6-5-3-1;2*1-2-4-5-3-1;12*1-2;;;;;;/h4-10H,11H2,1-3H3;2-10H,1H3;1-8H;2-6H,1H3;2-5H,1H3;1-6H;2*1-4H;12*1-2H3;6*1H4. The molecule has 0 saturated carbocycles. The Morgan fingerprint density at radius 2 is 0.556 bits per heavy atom. The van der Waals surface area contributed by atoms with Crippen molar-refractivity contribution in [1.82, 2.24) is 4.98 Å². The molecule has 0 spiro atoms. The molecule has 0 aliphatic carbocycles. The van der Waals surface area contributed by atoms with Crippen molar-refractivity contribution >= 4 is 22.1 Å². The Morgan fingerprint density at radius 3 is 0.818 bits per heavy atom. The van der Waals surface area contributed by atoms with E-state index in [1.54, 1.807) is 30.1 Å². The molecule has 11 rings (SSSR count). The van der Waals surface area contributed by atoms with Crippen LogP contribution in [0.25, 0.3) is 21.9 Å². The Hall–Kier alpha value is -7.85. The number of furan rings is 1. The molecule has 0 fully saturated rings. The predicted molar refractivity (Wildman–Crippen MR) is 477 cm³/mol. The van der Waals surface area contributed by atoms with E-state index in [4.69, 9.17) is 0 Å². The number of nitrogens with zero attached hydrogens (tertiary/aromatic N) is 1. The second-order valence-corrected chi connectivity index (χ2v) is 16.8. The lowest BCUT2D eigenvalue weighted by Crippen LogP contribution is -1.90. The van der Waals surface area contributed by atoms with Gasteiger partial charge < -0.3 is 4.42 Å². The third-order valence-corrected chi connectivity index (χ3v) is 10.8. The maximum atomic E-state index is 4.58. The van der Waals surface area contributed by atoms with Crippen molar-refractivity contribution in [2.75, 3.05) is 0 Å². The van der Waals surface area contributed by atoms with E-state index in [9.17, 15) is 0 Å². The minimum Gasteiger partial charge on any atom is -0.473 e. The molecule has 2 nitrogen and oxygen atoms in total. The number of rotatable bonds is 3. The van der Waals surface area contributed by atoms with Gasteiger partial charge in [-0.2, -0.15) is 11.3 Å². The molecule has 3 heterocycles. The number of aromatic nitrogens is 1. The van der Waals surface area contributed by atoms with Crippen molar-refractivity contribution in [3.05, 3.63) is 329 Å².